The van der Waals surface area contributed by atoms with E-state index in [1.54, 1.807) is 14.2 Å². The van der Waals surface area contributed by atoms with Gasteiger partial charge in [-0.05, 0) is 35.4 Å². The second kappa shape index (κ2) is 7.85. The molecule has 0 amide bonds. The molecule has 1 unspecified atom stereocenters. The van der Waals surface area contributed by atoms with E-state index in [4.69, 9.17) is 21.1 Å². The number of nitrogens with one attached hydrogen (secondary N) is 2. The fraction of sp³-hybridized carbons (Fsp3) is 0.333. The SMILES string of the molecule is COc1ccc(CN(Cc2ccc(OC)cc2)C2NN[C@@H]2Cl)cc1. The number of hydrazine groups is 1. The summed E-state index contributed by atoms with van der Waals surface area (Å²) in [6, 6.07) is 16.2. The molecule has 0 spiro atoms. The summed E-state index contributed by atoms with van der Waals surface area (Å²) >= 11 is 6.28. The lowest BCUT2D eigenvalue weighted by molar-refractivity contribution is 0.0549. The Morgan fingerprint density at radius 2 is 1.29 bits per heavy atom. The maximum Gasteiger partial charge on any atom is 0.125 e. The highest BCUT2D eigenvalue weighted by Crippen LogP contribution is 2.21. The van der Waals surface area contributed by atoms with Crippen molar-refractivity contribution < 1.29 is 9.47 Å². The Kier molecular flexibility index (Phi) is 5.58. The molecule has 0 aliphatic carbocycles. The number of methoxy groups -OCH3 is 2. The first-order valence-electron chi connectivity index (χ1n) is 7.84. The van der Waals surface area contributed by atoms with Gasteiger partial charge >= 0.3 is 0 Å². The Hall–Kier alpha value is -1.79. The van der Waals surface area contributed by atoms with Gasteiger partial charge in [-0.2, -0.15) is 0 Å². The van der Waals surface area contributed by atoms with Crippen LogP contribution in [-0.2, 0) is 13.1 Å². The third-order valence-electron chi connectivity index (χ3n) is 4.13. The van der Waals surface area contributed by atoms with E-state index in [-0.39, 0.29) is 11.7 Å². The number of benzene rings is 2. The van der Waals surface area contributed by atoms with Gasteiger partial charge in [0.25, 0.3) is 0 Å². The van der Waals surface area contributed by atoms with E-state index in [0.717, 1.165) is 24.6 Å². The zero-order valence-electron chi connectivity index (χ0n) is 13.8. The summed E-state index contributed by atoms with van der Waals surface area (Å²) in [6.07, 6.45) is 0.0795. The molecule has 3 rings (SSSR count). The molecule has 24 heavy (non-hydrogen) atoms. The fourth-order valence-corrected chi connectivity index (χ4v) is 2.97. The average Bonchev–Trinajstić information content (AvgIpc) is 2.61. The molecule has 1 aliphatic heterocycles. The van der Waals surface area contributed by atoms with Crippen LogP contribution >= 0.6 is 11.6 Å². The molecule has 2 atom stereocenters. The van der Waals surface area contributed by atoms with Crippen molar-refractivity contribution in [3.63, 3.8) is 0 Å². The third kappa shape index (κ3) is 3.99. The van der Waals surface area contributed by atoms with E-state index in [0.29, 0.717) is 0 Å². The topological polar surface area (TPSA) is 45.8 Å². The van der Waals surface area contributed by atoms with Gasteiger partial charge in [0.1, 0.15) is 23.2 Å². The molecule has 6 heteroatoms. The first kappa shape index (κ1) is 17.0. The molecule has 0 radical (unpaired) electrons. The zero-order chi connectivity index (χ0) is 16.9. The monoisotopic (exact) mass is 347 g/mol. The number of hydrogen-bond acceptors (Lipinski definition) is 5. The molecular formula is C18H22ClN3O2. The standard InChI is InChI=1S/C18H22ClN3O2/c1-23-15-7-3-13(4-8-15)11-22(18-17(19)20-21-18)12-14-5-9-16(24-2)10-6-14/h3-10,17-18,20-21H,11-12H2,1-2H3/t17-,18?/m0/s1. The molecule has 0 bridgehead atoms. The Morgan fingerprint density at radius 1 is 0.833 bits per heavy atom. The highest BCUT2D eigenvalue weighted by atomic mass is 35.5. The van der Waals surface area contributed by atoms with Crippen LogP contribution in [0.2, 0.25) is 0 Å². The summed E-state index contributed by atoms with van der Waals surface area (Å²) in [4.78, 5) is 2.30. The Bertz CT molecular complexity index is 599. The van der Waals surface area contributed by atoms with Crippen LogP contribution in [0.25, 0.3) is 0 Å². The van der Waals surface area contributed by atoms with Gasteiger partial charge in [-0.15, -0.1) is 11.6 Å². The third-order valence-corrected chi connectivity index (χ3v) is 4.48. The van der Waals surface area contributed by atoms with Crippen LogP contribution in [0.5, 0.6) is 11.5 Å². The molecule has 128 valence electrons. The molecule has 0 aromatic heterocycles. The first-order chi connectivity index (χ1) is 11.7. The van der Waals surface area contributed by atoms with E-state index < -0.39 is 0 Å². The van der Waals surface area contributed by atoms with Gasteiger partial charge in [0.2, 0.25) is 0 Å². The van der Waals surface area contributed by atoms with Gasteiger partial charge in [-0.3, -0.25) is 4.90 Å². The molecule has 2 aromatic rings. The minimum absolute atomic E-state index is 0.0795. The predicted octanol–water partition coefficient (Wildman–Crippen LogP) is 2.70. The highest BCUT2D eigenvalue weighted by Gasteiger charge is 2.33. The Labute approximate surface area is 147 Å². The minimum Gasteiger partial charge on any atom is -0.497 e. The maximum absolute atomic E-state index is 6.28. The number of hydrogen-bond donors (Lipinski definition) is 2. The van der Waals surface area contributed by atoms with E-state index in [1.807, 2.05) is 24.3 Å². The molecule has 1 saturated heterocycles. The zero-order valence-corrected chi connectivity index (χ0v) is 14.6. The first-order valence-corrected chi connectivity index (χ1v) is 8.28. The lowest BCUT2D eigenvalue weighted by atomic mass is 10.1. The molecule has 2 N–H and O–H groups in total. The summed E-state index contributed by atoms with van der Waals surface area (Å²) in [5.41, 5.74) is 8.47. The van der Waals surface area contributed by atoms with Crippen LogP contribution in [0.1, 0.15) is 11.1 Å². The fourth-order valence-electron chi connectivity index (χ4n) is 2.68. The largest absolute Gasteiger partial charge is 0.497 e. The van der Waals surface area contributed by atoms with Gasteiger partial charge < -0.3 is 9.47 Å². The quantitative estimate of drug-likeness (QED) is 0.595. The summed E-state index contributed by atoms with van der Waals surface area (Å²) in [5, 5.41) is 0. The minimum atomic E-state index is -0.110. The highest BCUT2D eigenvalue weighted by molar-refractivity contribution is 6.21. The molecule has 2 aromatic carbocycles. The predicted molar refractivity (Wildman–Crippen MR) is 94.9 cm³/mol. The average molecular weight is 348 g/mol. The van der Waals surface area contributed by atoms with Crippen molar-refractivity contribution in [3.05, 3.63) is 59.7 Å². The summed E-state index contributed by atoms with van der Waals surface area (Å²) in [6.45, 7) is 1.58. The van der Waals surface area contributed by atoms with Crippen molar-refractivity contribution in [2.45, 2.75) is 24.8 Å². The lowest BCUT2D eigenvalue weighted by Gasteiger charge is -2.43. The molecule has 1 heterocycles. The van der Waals surface area contributed by atoms with E-state index >= 15 is 0 Å². The van der Waals surface area contributed by atoms with Gasteiger partial charge in [0.15, 0.2) is 0 Å². The van der Waals surface area contributed by atoms with Crippen LogP contribution in [0.15, 0.2) is 48.5 Å². The van der Waals surface area contributed by atoms with Gasteiger partial charge in [0, 0.05) is 13.1 Å². The number of halogens is 1. The summed E-state index contributed by atoms with van der Waals surface area (Å²) in [7, 11) is 3.35. The number of alkyl halides is 1. The number of ether oxygens (including phenoxy) is 2. The van der Waals surface area contributed by atoms with Crippen molar-refractivity contribution in [3.8, 4) is 11.5 Å². The number of nitrogens with zero attached hydrogens (tertiary/aromatic N) is 1. The van der Waals surface area contributed by atoms with Crippen molar-refractivity contribution in [2.24, 2.45) is 0 Å². The van der Waals surface area contributed by atoms with Crippen LogP contribution in [0, 0.1) is 0 Å². The molecular weight excluding hydrogens is 326 g/mol. The van der Waals surface area contributed by atoms with Gasteiger partial charge in [-0.1, -0.05) is 24.3 Å². The van der Waals surface area contributed by atoms with Crippen molar-refractivity contribution in [2.75, 3.05) is 14.2 Å². The van der Waals surface area contributed by atoms with Crippen molar-refractivity contribution >= 4 is 11.6 Å². The van der Waals surface area contributed by atoms with E-state index in [2.05, 4.69) is 40.0 Å². The second-order valence-corrected chi connectivity index (χ2v) is 6.21. The van der Waals surface area contributed by atoms with Crippen LogP contribution in [-0.4, -0.2) is 30.8 Å². The molecule has 0 saturated carbocycles. The van der Waals surface area contributed by atoms with E-state index in [1.165, 1.54) is 11.1 Å². The lowest BCUT2D eigenvalue weighted by Crippen LogP contribution is -2.70. The molecule has 1 aliphatic rings. The number of rotatable bonds is 7. The van der Waals surface area contributed by atoms with E-state index in [9.17, 15) is 0 Å². The summed E-state index contributed by atoms with van der Waals surface area (Å²) < 4.78 is 10.4. The normalized spacial score (nSPS) is 19.8. The van der Waals surface area contributed by atoms with Crippen molar-refractivity contribution in [1.82, 2.24) is 15.8 Å². The van der Waals surface area contributed by atoms with Crippen molar-refractivity contribution in [1.29, 1.82) is 0 Å². The summed E-state index contributed by atoms with van der Waals surface area (Å²) in [5.74, 6) is 1.72. The van der Waals surface area contributed by atoms with Gasteiger partial charge in [-0.25, -0.2) is 10.9 Å². The Morgan fingerprint density at radius 3 is 1.58 bits per heavy atom. The van der Waals surface area contributed by atoms with Crippen LogP contribution in [0.4, 0.5) is 0 Å². The Balaban J connectivity index is 1.72. The molecule has 1 fully saturated rings. The van der Waals surface area contributed by atoms with Crippen LogP contribution in [0.3, 0.4) is 0 Å². The van der Waals surface area contributed by atoms with Gasteiger partial charge in [0.05, 0.1) is 14.2 Å². The molecule has 5 nitrogen and oxygen atoms in total. The van der Waals surface area contributed by atoms with Crippen LogP contribution < -0.4 is 20.3 Å². The smallest absolute Gasteiger partial charge is 0.125 e. The maximum atomic E-state index is 6.28. The second-order valence-electron chi connectivity index (χ2n) is 5.74.